The fraction of sp³-hybridized carbons (Fsp3) is 0.294. The number of nitrogens with one attached hydrogen (secondary N) is 1. The zero-order valence-corrected chi connectivity index (χ0v) is 14.3. The second kappa shape index (κ2) is 7.16. The molecule has 0 radical (unpaired) electrons. The number of methoxy groups -OCH3 is 1. The monoisotopic (exact) mass is 346 g/mol. The van der Waals surface area contributed by atoms with Crippen LogP contribution in [0.5, 0.6) is 5.75 Å². The van der Waals surface area contributed by atoms with Crippen LogP contribution in [0.1, 0.15) is 39.0 Å². The molecule has 0 aliphatic rings. The zero-order valence-electron chi connectivity index (χ0n) is 14.3. The highest BCUT2D eigenvalue weighted by Crippen LogP contribution is 2.28. The number of para-hydroxylation sites is 2. The maximum absolute atomic E-state index is 12.6. The van der Waals surface area contributed by atoms with Gasteiger partial charge in [-0.15, -0.1) is 0 Å². The quantitative estimate of drug-likeness (QED) is 0.372. The lowest BCUT2D eigenvalue weighted by molar-refractivity contribution is -0.386. The minimum Gasteiger partial charge on any atom is -0.475 e. The van der Waals surface area contributed by atoms with Gasteiger partial charge in [-0.25, -0.2) is 4.79 Å². The molecule has 1 aromatic carbocycles. The molecule has 2 rings (SSSR count). The zero-order chi connectivity index (χ0) is 18.7. The number of nitro groups is 1. The average molecular weight is 346 g/mol. The number of aryl methyl sites for hydroxylation is 1. The Labute approximate surface area is 143 Å². The highest BCUT2D eigenvalue weighted by atomic mass is 16.6. The van der Waals surface area contributed by atoms with Crippen LogP contribution >= 0.6 is 0 Å². The van der Waals surface area contributed by atoms with Crippen LogP contribution in [-0.2, 0) is 4.74 Å². The molecule has 8 heteroatoms. The number of Topliss-reactive ketones (excluding diaryl/α,β-unsaturated/α-hetero) is 1. The van der Waals surface area contributed by atoms with Crippen molar-refractivity contribution in [2.24, 2.45) is 0 Å². The minimum atomic E-state index is -0.983. The molecule has 0 bridgehead atoms. The Morgan fingerprint density at radius 3 is 2.48 bits per heavy atom. The number of benzene rings is 1. The van der Waals surface area contributed by atoms with Crippen molar-refractivity contribution in [3.8, 4) is 5.75 Å². The van der Waals surface area contributed by atoms with Gasteiger partial charge in [0.05, 0.1) is 23.3 Å². The lowest BCUT2D eigenvalue weighted by atomic mass is 10.1. The summed E-state index contributed by atoms with van der Waals surface area (Å²) in [6, 6.07) is 5.82. The highest BCUT2D eigenvalue weighted by Gasteiger charge is 2.27. The second-order valence-corrected chi connectivity index (χ2v) is 5.47. The van der Waals surface area contributed by atoms with E-state index in [0.717, 1.165) is 0 Å². The van der Waals surface area contributed by atoms with Crippen LogP contribution in [0.3, 0.4) is 0 Å². The number of ketones is 1. The summed E-state index contributed by atoms with van der Waals surface area (Å²) >= 11 is 0. The lowest BCUT2D eigenvalue weighted by Crippen LogP contribution is -2.25. The predicted molar refractivity (Wildman–Crippen MR) is 89.1 cm³/mol. The fourth-order valence-electron chi connectivity index (χ4n) is 2.56. The van der Waals surface area contributed by atoms with E-state index in [1.165, 1.54) is 32.2 Å². The molecule has 25 heavy (non-hydrogen) atoms. The first-order valence-electron chi connectivity index (χ1n) is 7.49. The maximum Gasteiger partial charge on any atom is 0.339 e. The van der Waals surface area contributed by atoms with E-state index in [1.54, 1.807) is 19.9 Å². The van der Waals surface area contributed by atoms with Gasteiger partial charge in [-0.05, 0) is 32.4 Å². The molecule has 1 aromatic heterocycles. The lowest BCUT2D eigenvalue weighted by Gasteiger charge is -2.13. The summed E-state index contributed by atoms with van der Waals surface area (Å²) in [7, 11) is 1.26. The number of aromatic amines is 1. The Bertz CT molecular complexity index is 840. The Kier molecular flexibility index (Phi) is 5.21. The molecule has 0 spiro atoms. The first-order valence-corrected chi connectivity index (χ1v) is 7.49. The molecule has 132 valence electrons. The van der Waals surface area contributed by atoms with Gasteiger partial charge in [0.25, 0.3) is 0 Å². The van der Waals surface area contributed by atoms with Gasteiger partial charge in [0, 0.05) is 11.8 Å². The molecular weight excluding hydrogens is 328 g/mol. The first-order chi connectivity index (χ1) is 11.8. The van der Waals surface area contributed by atoms with E-state index in [4.69, 9.17) is 9.47 Å². The molecular formula is C17H18N2O6. The van der Waals surface area contributed by atoms with Gasteiger partial charge in [-0.3, -0.25) is 14.9 Å². The topological polar surface area (TPSA) is 112 Å². The molecule has 1 N–H and O–H groups in total. The van der Waals surface area contributed by atoms with Gasteiger partial charge in [0.15, 0.2) is 11.9 Å². The molecule has 0 saturated carbocycles. The second-order valence-electron chi connectivity index (χ2n) is 5.47. The van der Waals surface area contributed by atoms with E-state index < -0.39 is 22.8 Å². The summed E-state index contributed by atoms with van der Waals surface area (Å²) in [4.78, 5) is 37.8. The molecule has 0 aliphatic carbocycles. The summed E-state index contributed by atoms with van der Waals surface area (Å²) in [6.45, 7) is 4.77. The smallest absolute Gasteiger partial charge is 0.339 e. The van der Waals surface area contributed by atoms with Gasteiger partial charge >= 0.3 is 11.7 Å². The summed E-state index contributed by atoms with van der Waals surface area (Å²) in [5, 5.41) is 11.0. The van der Waals surface area contributed by atoms with Crippen LogP contribution in [-0.4, -0.2) is 34.9 Å². The van der Waals surface area contributed by atoms with Gasteiger partial charge in [0.1, 0.15) is 0 Å². The van der Waals surface area contributed by atoms with Crippen LogP contribution in [0.2, 0.25) is 0 Å². The van der Waals surface area contributed by atoms with Crippen molar-refractivity contribution >= 4 is 17.4 Å². The molecule has 0 aliphatic heterocycles. The molecule has 0 fully saturated rings. The largest absolute Gasteiger partial charge is 0.475 e. The summed E-state index contributed by atoms with van der Waals surface area (Å²) in [5.74, 6) is -0.964. The minimum absolute atomic E-state index is 0.00229. The maximum atomic E-state index is 12.6. The first kappa shape index (κ1) is 18.2. The molecule has 2 aromatic rings. The Balaban J connectivity index is 2.30. The molecule has 0 unspecified atom stereocenters. The number of hydrogen-bond donors (Lipinski definition) is 1. The van der Waals surface area contributed by atoms with Crippen LogP contribution in [0.25, 0.3) is 0 Å². The number of H-pyrrole nitrogens is 1. The Hall–Kier alpha value is -3.16. The number of ether oxygens (including phenoxy) is 2. The molecule has 1 heterocycles. The molecule has 1 atom stereocenters. The van der Waals surface area contributed by atoms with Gasteiger partial charge in [-0.2, -0.15) is 0 Å². The van der Waals surface area contributed by atoms with Crippen molar-refractivity contribution < 1.29 is 24.0 Å². The van der Waals surface area contributed by atoms with E-state index in [-0.39, 0.29) is 17.1 Å². The standard InChI is InChI=1S/C17H18N2O6/c1-9-14(17(21)24-4)10(2)18-15(9)16(20)11(3)25-13-8-6-5-7-12(13)19(22)23/h5-8,11,18H,1-4H3/t11-/m0/s1. The number of nitro benzene ring substituents is 1. The molecule has 0 saturated heterocycles. The third-order valence-electron chi connectivity index (χ3n) is 3.81. The van der Waals surface area contributed by atoms with E-state index in [2.05, 4.69) is 4.98 Å². The Morgan fingerprint density at radius 1 is 1.24 bits per heavy atom. The van der Waals surface area contributed by atoms with Crippen molar-refractivity contribution in [1.29, 1.82) is 0 Å². The molecule has 0 amide bonds. The Morgan fingerprint density at radius 2 is 1.88 bits per heavy atom. The number of hydrogen-bond acceptors (Lipinski definition) is 6. The van der Waals surface area contributed by atoms with Crippen molar-refractivity contribution in [1.82, 2.24) is 4.98 Å². The SMILES string of the molecule is COC(=O)c1c(C)[nH]c(C(=O)[C@H](C)Oc2ccccc2[N+](=O)[O-])c1C. The van der Waals surface area contributed by atoms with Crippen LogP contribution in [0.15, 0.2) is 24.3 Å². The number of carbonyl (C=O) groups excluding carboxylic acids is 2. The van der Waals surface area contributed by atoms with Crippen molar-refractivity contribution in [3.63, 3.8) is 0 Å². The van der Waals surface area contributed by atoms with Crippen molar-refractivity contribution in [2.45, 2.75) is 26.9 Å². The number of nitrogens with zero attached hydrogens (tertiary/aromatic N) is 1. The summed E-state index contributed by atoms with van der Waals surface area (Å²) in [6.07, 6.45) is -0.983. The van der Waals surface area contributed by atoms with Crippen molar-refractivity contribution in [3.05, 3.63) is 56.9 Å². The van der Waals surface area contributed by atoms with E-state index >= 15 is 0 Å². The van der Waals surface area contributed by atoms with E-state index in [0.29, 0.717) is 16.8 Å². The predicted octanol–water partition coefficient (Wildman–Crippen LogP) is 2.98. The third-order valence-corrected chi connectivity index (χ3v) is 3.81. The van der Waals surface area contributed by atoms with Crippen LogP contribution in [0, 0.1) is 24.0 Å². The fourth-order valence-corrected chi connectivity index (χ4v) is 2.56. The average Bonchev–Trinajstić information content (AvgIpc) is 2.88. The van der Waals surface area contributed by atoms with Crippen LogP contribution in [0.4, 0.5) is 5.69 Å². The summed E-state index contributed by atoms with van der Waals surface area (Å²) in [5.41, 5.74) is 1.24. The number of aromatic nitrogens is 1. The molecule has 8 nitrogen and oxygen atoms in total. The van der Waals surface area contributed by atoms with Gasteiger partial charge in [0.2, 0.25) is 5.78 Å². The number of carbonyl (C=O) groups is 2. The highest BCUT2D eigenvalue weighted by molar-refractivity contribution is 6.03. The summed E-state index contributed by atoms with van der Waals surface area (Å²) < 4.78 is 10.2. The number of rotatable bonds is 6. The van der Waals surface area contributed by atoms with Crippen molar-refractivity contribution in [2.75, 3.05) is 7.11 Å². The third kappa shape index (κ3) is 3.52. The van der Waals surface area contributed by atoms with Crippen LogP contribution < -0.4 is 4.74 Å². The normalized spacial score (nSPS) is 11.7. The van der Waals surface area contributed by atoms with Gasteiger partial charge in [-0.1, -0.05) is 12.1 Å². The van der Waals surface area contributed by atoms with E-state index in [9.17, 15) is 19.7 Å². The van der Waals surface area contributed by atoms with E-state index in [1.807, 2.05) is 0 Å². The number of esters is 1. The van der Waals surface area contributed by atoms with Gasteiger partial charge < -0.3 is 14.5 Å².